The summed E-state index contributed by atoms with van der Waals surface area (Å²) < 4.78 is 77.9. The van der Waals surface area contributed by atoms with Crippen LogP contribution in [-0.2, 0) is 41.9 Å². The van der Waals surface area contributed by atoms with Crippen molar-refractivity contribution in [1.29, 1.82) is 0 Å². The molecule has 280 valence electrons. The maximum absolute atomic E-state index is 14.0. The van der Waals surface area contributed by atoms with E-state index in [-0.39, 0.29) is 49.7 Å². The summed E-state index contributed by atoms with van der Waals surface area (Å²) in [6.07, 6.45) is -0.885. The maximum Gasteiger partial charge on any atom is 0.435 e. The van der Waals surface area contributed by atoms with Gasteiger partial charge >= 0.3 is 6.09 Å². The third kappa shape index (κ3) is 10.4. The molecule has 0 radical (unpaired) electrons. The Morgan fingerprint density at radius 3 is 2.33 bits per heavy atom. The van der Waals surface area contributed by atoms with E-state index < -0.39 is 38.6 Å². The Kier molecular flexibility index (Phi) is 14.2. The number of rotatable bonds is 18. The van der Waals surface area contributed by atoms with E-state index in [0.717, 1.165) is 39.9 Å². The van der Waals surface area contributed by atoms with Crippen LogP contribution in [0.4, 0.5) is 30.8 Å². The molecule has 0 spiro atoms. The zero-order valence-electron chi connectivity index (χ0n) is 29.4. The fourth-order valence-electron chi connectivity index (χ4n) is 5.23. The van der Waals surface area contributed by atoms with Crippen LogP contribution in [0.25, 0.3) is 0 Å². The summed E-state index contributed by atoms with van der Waals surface area (Å²) in [7, 11) is 4.60. The van der Waals surface area contributed by atoms with Gasteiger partial charge in [-0.25, -0.2) is 22.0 Å². The third-order valence-corrected chi connectivity index (χ3v) is 9.80. The van der Waals surface area contributed by atoms with Crippen molar-refractivity contribution in [2.24, 2.45) is 0 Å². The molecular formula is C33H45F2N7O8S. The number of nitrogens with one attached hydrogen (secondary N) is 2. The second-order valence-corrected chi connectivity index (χ2v) is 13.9. The van der Waals surface area contributed by atoms with Gasteiger partial charge in [-0.15, -0.1) is 5.10 Å². The lowest BCUT2D eigenvalue weighted by Gasteiger charge is -2.27. The largest absolute Gasteiger partial charge is 0.445 e. The molecule has 2 N–H and O–H groups in total. The molecule has 51 heavy (non-hydrogen) atoms. The zero-order valence-corrected chi connectivity index (χ0v) is 30.2. The molecule has 0 fully saturated rings. The van der Waals surface area contributed by atoms with E-state index in [2.05, 4.69) is 25.5 Å². The lowest BCUT2D eigenvalue weighted by molar-refractivity contribution is 0.0417. The van der Waals surface area contributed by atoms with Gasteiger partial charge in [-0.05, 0) is 44.4 Å². The molecule has 1 aliphatic rings. The molecule has 15 nitrogen and oxygen atoms in total. The number of methoxy groups -OCH3 is 2. The van der Waals surface area contributed by atoms with Crippen molar-refractivity contribution in [3.05, 3.63) is 64.9 Å². The smallest absolute Gasteiger partial charge is 0.435 e. The molecular weight excluding hydrogens is 692 g/mol. The first-order chi connectivity index (χ1) is 24.3. The monoisotopic (exact) mass is 737 g/mol. The van der Waals surface area contributed by atoms with Crippen LogP contribution < -0.4 is 15.5 Å². The van der Waals surface area contributed by atoms with Gasteiger partial charge in [0.15, 0.2) is 5.82 Å². The highest BCUT2D eigenvalue weighted by Gasteiger charge is 2.35. The average Bonchev–Trinajstić information content (AvgIpc) is 3.45. The Morgan fingerprint density at radius 2 is 1.65 bits per heavy atom. The van der Waals surface area contributed by atoms with Crippen LogP contribution in [0.2, 0.25) is 0 Å². The van der Waals surface area contributed by atoms with Gasteiger partial charge in [-0.3, -0.25) is 4.79 Å². The SMILES string of the molecule is COCCNc1cc(N(C)CCN(C)C)ccc1C(=O)Nc1nn(C(=O)OCCOCCOC)c2c1CN(S(=O)(=O)c1cc(F)cc(F)c1)CC2. The Hall–Kier alpha value is -4.20. The quantitative estimate of drug-likeness (QED) is 0.185. The number of likely N-dealkylation sites (N-methyl/N-ethyl adjacent to an activating group) is 2. The Bertz CT molecular complexity index is 1750. The molecule has 0 unspecified atom stereocenters. The second-order valence-electron chi connectivity index (χ2n) is 11.9. The van der Waals surface area contributed by atoms with Gasteiger partial charge in [0.1, 0.15) is 18.2 Å². The molecule has 1 aliphatic heterocycles. The average molecular weight is 738 g/mol. The number of fused-ring (bicyclic) bond motifs is 1. The van der Waals surface area contributed by atoms with Crippen molar-refractivity contribution >= 4 is 39.2 Å². The van der Waals surface area contributed by atoms with E-state index in [1.54, 1.807) is 19.2 Å². The summed E-state index contributed by atoms with van der Waals surface area (Å²) in [6, 6.07) is 7.33. The highest BCUT2D eigenvalue weighted by atomic mass is 32.2. The second kappa shape index (κ2) is 18.3. The van der Waals surface area contributed by atoms with Crippen LogP contribution in [0.15, 0.2) is 41.3 Å². The van der Waals surface area contributed by atoms with Crippen LogP contribution in [0, 0.1) is 11.6 Å². The molecule has 0 saturated carbocycles. The molecule has 0 bridgehead atoms. The first kappa shape index (κ1) is 39.6. The zero-order chi connectivity index (χ0) is 37.1. The van der Waals surface area contributed by atoms with E-state index in [4.69, 9.17) is 18.9 Å². The summed E-state index contributed by atoms with van der Waals surface area (Å²) in [5, 5.41) is 10.3. The van der Waals surface area contributed by atoms with E-state index in [0.29, 0.717) is 43.8 Å². The molecule has 2 aromatic carbocycles. The minimum absolute atomic E-state index is 0.0214. The molecule has 0 saturated heterocycles. The molecule has 1 amide bonds. The number of amides is 1. The number of carbonyl (C=O) groups excluding carboxylic acids is 2. The Morgan fingerprint density at radius 1 is 0.941 bits per heavy atom. The fourth-order valence-corrected chi connectivity index (χ4v) is 6.68. The highest BCUT2D eigenvalue weighted by molar-refractivity contribution is 7.89. The molecule has 3 aromatic rings. The van der Waals surface area contributed by atoms with Crippen molar-refractivity contribution in [2.45, 2.75) is 17.9 Å². The molecule has 2 heterocycles. The minimum Gasteiger partial charge on any atom is -0.445 e. The van der Waals surface area contributed by atoms with Gasteiger partial charge in [0, 0.05) is 83.4 Å². The van der Waals surface area contributed by atoms with Gasteiger partial charge in [-0.2, -0.15) is 8.99 Å². The van der Waals surface area contributed by atoms with Crippen molar-refractivity contribution in [3.8, 4) is 0 Å². The van der Waals surface area contributed by atoms with Gasteiger partial charge in [0.05, 0.1) is 42.6 Å². The van der Waals surface area contributed by atoms with Gasteiger partial charge < -0.3 is 39.4 Å². The topological polar surface area (TPSA) is 157 Å². The van der Waals surface area contributed by atoms with E-state index >= 15 is 0 Å². The van der Waals surface area contributed by atoms with Gasteiger partial charge in [-0.1, -0.05) is 0 Å². The molecule has 1 aromatic heterocycles. The Labute approximate surface area is 296 Å². The number of anilines is 3. The lowest BCUT2D eigenvalue weighted by atomic mass is 10.1. The van der Waals surface area contributed by atoms with Crippen LogP contribution >= 0.6 is 0 Å². The lowest BCUT2D eigenvalue weighted by Crippen LogP contribution is -2.37. The van der Waals surface area contributed by atoms with E-state index in [9.17, 15) is 26.8 Å². The number of halogens is 2. The number of sulfonamides is 1. The minimum atomic E-state index is -4.40. The van der Waals surface area contributed by atoms with Crippen LogP contribution in [0.5, 0.6) is 0 Å². The number of aromatic nitrogens is 2. The standard InChI is InChI=1S/C33H45F2N7O8S/c1-39(2)11-12-40(3)25-6-7-27(29(21-25)36-9-13-47-4)32(43)37-31-28-22-41(51(45,46)26-19-23(34)18-24(35)20-26)10-8-30(28)42(38-31)33(44)50-17-16-49-15-14-48-5/h6-7,18-21,36H,8-17,22H2,1-5H3,(H,37,38,43). The molecule has 0 aliphatic carbocycles. The Balaban J connectivity index is 1.66. The predicted octanol–water partition coefficient (Wildman–Crippen LogP) is 2.86. The summed E-state index contributed by atoms with van der Waals surface area (Å²) in [6.45, 7) is 2.48. The fraction of sp³-hybridized carbons (Fsp3) is 0.485. The van der Waals surface area contributed by atoms with Crippen molar-refractivity contribution < 1.29 is 45.7 Å². The third-order valence-electron chi connectivity index (χ3n) is 7.98. The van der Waals surface area contributed by atoms with Crippen molar-refractivity contribution in [2.75, 3.05) is 110 Å². The van der Waals surface area contributed by atoms with Crippen LogP contribution in [0.1, 0.15) is 21.6 Å². The van der Waals surface area contributed by atoms with Crippen LogP contribution in [-0.4, -0.2) is 134 Å². The molecule has 0 atom stereocenters. The number of ether oxygens (including phenoxy) is 4. The number of carbonyl (C=O) groups is 2. The molecule has 18 heteroatoms. The van der Waals surface area contributed by atoms with E-state index in [1.807, 2.05) is 27.2 Å². The number of hydrogen-bond acceptors (Lipinski definition) is 12. The normalized spacial score (nSPS) is 13.3. The molecule has 4 rings (SSSR count). The van der Waals surface area contributed by atoms with Crippen molar-refractivity contribution in [3.63, 3.8) is 0 Å². The van der Waals surface area contributed by atoms with Crippen molar-refractivity contribution in [1.82, 2.24) is 19.0 Å². The number of hydrogen-bond donors (Lipinski definition) is 2. The first-order valence-electron chi connectivity index (χ1n) is 16.2. The highest BCUT2D eigenvalue weighted by Crippen LogP contribution is 2.32. The summed E-state index contributed by atoms with van der Waals surface area (Å²) in [5.41, 5.74) is 2.15. The summed E-state index contributed by atoms with van der Waals surface area (Å²) >= 11 is 0. The number of benzene rings is 2. The van der Waals surface area contributed by atoms with Crippen LogP contribution in [0.3, 0.4) is 0 Å². The summed E-state index contributed by atoms with van der Waals surface area (Å²) in [4.78, 5) is 30.6. The predicted molar refractivity (Wildman–Crippen MR) is 186 cm³/mol. The first-order valence-corrected chi connectivity index (χ1v) is 17.6. The maximum atomic E-state index is 14.0. The van der Waals surface area contributed by atoms with Gasteiger partial charge in [0.25, 0.3) is 5.91 Å². The van der Waals surface area contributed by atoms with Gasteiger partial charge in [0.2, 0.25) is 10.0 Å². The summed E-state index contributed by atoms with van der Waals surface area (Å²) in [5.74, 6) is -2.77. The van der Waals surface area contributed by atoms with E-state index in [1.165, 1.54) is 7.11 Å². The number of nitrogens with zero attached hydrogens (tertiary/aromatic N) is 5.